The third kappa shape index (κ3) is 4.19. The van der Waals surface area contributed by atoms with Crippen LogP contribution in [0, 0.1) is 6.92 Å². The molecule has 8 heteroatoms. The summed E-state index contributed by atoms with van der Waals surface area (Å²) in [6.45, 7) is 4.15. The second kappa shape index (κ2) is 6.72. The van der Waals surface area contributed by atoms with Crippen molar-refractivity contribution < 1.29 is 13.2 Å². The number of rotatable bonds is 4. The summed E-state index contributed by atoms with van der Waals surface area (Å²) < 4.78 is 37.6. The largest absolute Gasteiger partial charge is 0.433 e. The number of nitrogens with one attached hydrogen (secondary N) is 1. The number of alkyl halides is 3. The Morgan fingerprint density at radius 1 is 1.25 bits per heavy atom. The maximum atomic E-state index is 12.5. The normalized spacial score (nSPS) is 18.8. The Morgan fingerprint density at radius 2 is 2.08 bits per heavy atom. The van der Waals surface area contributed by atoms with Crippen LogP contribution in [0.2, 0.25) is 0 Å². The maximum Gasteiger partial charge on any atom is 0.433 e. The molecule has 128 valence electrons. The molecule has 3 rings (SSSR count). The molecule has 24 heavy (non-hydrogen) atoms. The van der Waals surface area contributed by atoms with Gasteiger partial charge in [0.1, 0.15) is 5.69 Å². The summed E-state index contributed by atoms with van der Waals surface area (Å²) >= 11 is 0. The van der Waals surface area contributed by atoms with E-state index in [0.717, 1.165) is 36.8 Å². The van der Waals surface area contributed by atoms with Crippen LogP contribution in [0.5, 0.6) is 0 Å². The van der Waals surface area contributed by atoms with Gasteiger partial charge in [0.15, 0.2) is 0 Å². The lowest BCUT2D eigenvalue weighted by atomic mass is 10.2. The van der Waals surface area contributed by atoms with E-state index in [-0.39, 0.29) is 6.04 Å². The second-order valence-corrected chi connectivity index (χ2v) is 5.94. The molecule has 0 spiro atoms. The van der Waals surface area contributed by atoms with Gasteiger partial charge in [-0.2, -0.15) is 13.2 Å². The molecule has 2 aromatic rings. The summed E-state index contributed by atoms with van der Waals surface area (Å²) in [6.07, 6.45) is -0.446. The van der Waals surface area contributed by atoms with Crippen molar-refractivity contribution in [3.05, 3.63) is 47.5 Å². The number of anilines is 1. The molecule has 5 nitrogen and oxygen atoms in total. The standard InChI is InChI=1S/C16H18F3N5/c1-11-4-6-20-15(22-11)23-13-5-7-24(10-13)9-12-2-3-14(21-8-12)16(17,18)19/h2-4,6,8,13H,5,7,9-10H2,1H3,(H,20,22,23). The average molecular weight is 337 g/mol. The van der Waals surface area contributed by atoms with Crippen LogP contribution in [0.1, 0.15) is 23.4 Å². The summed E-state index contributed by atoms with van der Waals surface area (Å²) in [5.74, 6) is 0.609. The monoisotopic (exact) mass is 337 g/mol. The molecular formula is C16H18F3N5. The van der Waals surface area contributed by atoms with E-state index in [1.54, 1.807) is 6.20 Å². The minimum Gasteiger partial charge on any atom is -0.350 e. The molecule has 0 aliphatic carbocycles. The van der Waals surface area contributed by atoms with Crippen LogP contribution in [-0.4, -0.2) is 39.0 Å². The average Bonchev–Trinajstić information content (AvgIpc) is 2.94. The van der Waals surface area contributed by atoms with Crippen LogP contribution in [0.4, 0.5) is 19.1 Å². The molecule has 0 amide bonds. The number of nitrogens with zero attached hydrogens (tertiary/aromatic N) is 4. The molecule has 1 saturated heterocycles. The van der Waals surface area contributed by atoms with Gasteiger partial charge in [-0.1, -0.05) is 6.07 Å². The van der Waals surface area contributed by atoms with Gasteiger partial charge >= 0.3 is 6.18 Å². The van der Waals surface area contributed by atoms with Gasteiger partial charge in [0, 0.05) is 43.8 Å². The molecular weight excluding hydrogens is 319 g/mol. The maximum absolute atomic E-state index is 12.5. The van der Waals surface area contributed by atoms with Crippen molar-refractivity contribution in [2.45, 2.75) is 32.1 Å². The first-order chi connectivity index (χ1) is 11.4. The summed E-state index contributed by atoms with van der Waals surface area (Å²) in [4.78, 5) is 14.2. The quantitative estimate of drug-likeness (QED) is 0.930. The summed E-state index contributed by atoms with van der Waals surface area (Å²) in [5.41, 5.74) is 0.817. The summed E-state index contributed by atoms with van der Waals surface area (Å²) in [6, 6.07) is 4.58. The lowest BCUT2D eigenvalue weighted by Crippen LogP contribution is -2.26. The van der Waals surface area contributed by atoms with E-state index in [1.807, 2.05) is 13.0 Å². The molecule has 0 aromatic carbocycles. The molecule has 0 radical (unpaired) electrons. The van der Waals surface area contributed by atoms with Crippen molar-refractivity contribution in [2.24, 2.45) is 0 Å². The minimum absolute atomic E-state index is 0.231. The second-order valence-electron chi connectivity index (χ2n) is 5.94. The van der Waals surface area contributed by atoms with Crippen LogP contribution in [0.25, 0.3) is 0 Å². The van der Waals surface area contributed by atoms with E-state index in [0.29, 0.717) is 12.5 Å². The van der Waals surface area contributed by atoms with E-state index in [1.165, 1.54) is 12.3 Å². The van der Waals surface area contributed by atoms with Crippen molar-refractivity contribution >= 4 is 5.95 Å². The molecule has 1 atom stereocenters. The van der Waals surface area contributed by atoms with E-state index in [4.69, 9.17) is 0 Å². The molecule has 0 bridgehead atoms. The number of aromatic nitrogens is 3. The molecule has 1 aliphatic heterocycles. The van der Waals surface area contributed by atoms with Gasteiger partial charge in [-0.25, -0.2) is 9.97 Å². The molecule has 3 heterocycles. The van der Waals surface area contributed by atoms with Crippen LogP contribution in [-0.2, 0) is 12.7 Å². The van der Waals surface area contributed by atoms with Crippen molar-refractivity contribution in [1.82, 2.24) is 19.9 Å². The number of pyridine rings is 1. The Balaban J connectivity index is 1.54. The van der Waals surface area contributed by atoms with Gasteiger partial charge in [0.2, 0.25) is 5.95 Å². The predicted octanol–water partition coefficient (Wildman–Crippen LogP) is 2.89. The highest BCUT2D eigenvalue weighted by atomic mass is 19.4. The first-order valence-corrected chi connectivity index (χ1v) is 7.71. The fourth-order valence-electron chi connectivity index (χ4n) is 2.74. The minimum atomic E-state index is -4.39. The van der Waals surface area contributed by atoms with Crippen LogP contribution in [0.3, 0.4) is 0 Å². The lowest BCUT2D eigenvalue weighted by molar-refractivity contribution is -0.141. The first kappa shape index (κ1) is 16.6. The first-order valence-electron chi connectivity index (χ1n) is 7.71. The third-order valence-corrected chi connectivity index (χ3v) is 3.92. The Kier molecular flexibility index (Phi) is 4.66. The Bertz CT molecular complexity index is 687. The zero-order valence-electron chi connectivity index (χ0n) is 13.2. The molecule has 2 aromatic heterocycles. The van der Waals surface area contributed by atoms with Gasteiger partial charge in [-0.05, 0) is 31.0 Å². The highest BCUT2D eigenvalue weighted by Crippen LogP contribution is 2.27. The number of likely N-dealkylation sites (tertiary alicyclic amines) is 1. The molecule has 0 saturated carbocycles. The lowest BCUT2D eigenvalue weighted by Gasteiger charge is -2.17. The number of aryl methyl sites for hydroxylation is 1. The highest BCUT2D eigenvalue weighted by molar-refractivity contribution is 5.27. The van der Waals surface area contributed by atoms with Crippen LogP contribution in [0.15, 0.2) is 30.6 Å². The molecule has 1 N–H and O–H groups in total. The molecule has 1 unspecified atom stereocenters. The Hall–Kier alpha value is -2.22. The fraction of sp³-hybridized carbons (Fsp3) is 0.438. The Morgan fingerprint density at radius 3 is 2.75 bits per heavy atom. The zero-order valence-corrected chi connectivity index (χ0v) is 13.2. The zero-order chi connectivity index (χ0) is 17.2. The van der Waals surface area contributed by atoms with Gasteiger partial charge in [-0.3, -0.25) is 9.88 Å². The molecule has 1 fully saturated rings. The van der Waals surface area contributed by atoms with E-state index in [9.17, 15) is 13.2 Å². The van der Waals surface area contributed by atoms with Gasteiger partial charge in [0.05, 0.1) is 0 Å². The fourth-order valence-corrected chi connectivity index (χ4v) is 2.74. The smallest absolute Gasteiger partial charge is 0.350 e. The number of hydrogen-bond donors (Lipinski definition) is 1. The topological polar surface area (TPSA) is 53.9 Å². The van der Waals surface area contributed by atoms with Gasteiger partial charge in [0.25, 0.3) is 0 Å². The van der Waals surface area contributed by atoms with Crippen molar-refractivity contribution in [3.63, 3.8) is 0 Å². The van der Waals surface area contributed by atoms with Crippen molar-refractivity contribution in [2.75, 3.05) is 18.4 Å². The highest BCUT2D eigenvalue weighted by Gasteiger charge is 2.32. The summed E-state index contributed by atoms with van der Waals surface area (Å²) in [5, 5.41) is 3.30. The SMILES string of the molecule is Cc1ccnc(NC2CCN(Cc3ccc(C(F)(F)F)nc3)C2)n1. The van der Waals surface area contributed by atoms with E-state index >= 15 is 0 Å². The summed E-state index contributed by atoms with van der Waals surface area (Å²) in [7, 11) is 0. The van der Waals surface area contributed by atoms with E-state index < -0.39 is 11.9 Å². The van der Waals surface area contributed by atoms with Crippen LogP contribution < -0.4 is 5.32 Å². The van der Waals surface area contributed by atoms with Gasteiger partial charge in [-0.15, -0.1) is 0 Å². The number of hydrogen-bond acceptors (Lipinski definition) is 5. The van der Waals surface area contributed by atoms with Crippen molar-refractivity contribution in [1.29, 1.82) is 0 Å². The van der Waals surface area contributed by atoms with Gasteiger partial charge < -0.3 is 5.32 Å². The third-order valence-electron chi connectivity index (χ3n) is 3.92. The Labute approximate surface area is 138 Å². The van der Waals surface area contributed by atoms with Crippen molar-refractivity contribution in [3.8, 4) is 0 Å². The number of halogens is 3. The van der Waals surface area contributed by atoms with E-state index in [2.05, 4.69) is 25.2 Å². The predicted molar refractivity (Wildman–Crippen MR) is 83.3 cm³/mol. The molecule has 1 aliphatic rings. The van der Waals surface area contributed by atoms with Crippen LogP contribution >= 0.6 is 0 Å².